The molecule has 0 radical (unpaired) electrons. The van der Waals surface area contributed by atoms with Gasteiger partial charge >= 0.3 is 0 Å². The number of anilines is 2. The second-order valence-corrected chi connectivity index (χ2v) is 9.06. The Morgan fingerprint density at radius 3 is 2.53 bits per heavy atom. The molecule has 8 heteroatoms. The number of fused-ring (bicyclic) bond motifs is 2. The van der Waals surface area contributed by atoms with E-state index in [4.69, 9.17) is 10.1 Å². The average Bonchev–Trinajstić information content (AvgIpc) is 3.27. The van der Waals surface area contributed by atoms with Crippen molar-refractivity contribution in [1.82, 2.24) is 29.2 Å². The molecule has 0 aliphatic carbocycles. The molecular weight excluding hydrogens is 376 g/mol. The van der Waals surface area contributed by atoms with Gasteiger partial charge in [-0.3, -0.25) is 0 Å². The van der Waals surface area contributed by atoms with Crippen LogP contribution < -0.4 is 9.80 Å². The zero-order chi connectivity index (χ0) is 20.9. The van der Waals surface area contributed by atoms with Crippen molar-refractivity contribution in [1.29, 1.82) is 0 Å². The summed E-state index contributed by atoms with van der Waals surface area (Å²) in [6.45, 7) is 12.3. The van der Waals surface area contributed by atoms with Crippen LogP contribution in [-0.4, -0.2) is 55.4 Å². The smallest absolute Gasteiger partial charge is 0.157 e. The standard InChI is InChI=1S/C22H28N8/c1-16-14-21(30-19(24-16)8-9-23-30)28-11-5-10-27(12-13-28)20-7-6-18-25-17(22(2,3)4)15-29(18)26-20/h6-9,14-15H,5,10-13H2,1-4H3. The quantitative estimate of drug-likeness (QED) is 0.511. The molecule has 30 heavy (non-hydrogen) atoms. The Morgan fingerprint density at radius 2 is 1.70 bits per heavy atom. The molecule has 0 N–H and O–H groups in total. The van der Waals surface area contributed by atoms with Crippen LogP contribution in [0.15, 0.2) is 36.7 Å². The zero-order valence-electron chi connectivity index (χ0n) is 18.1. The maximum absolute atomic E-state index is 4.86. The average molecular weight is 405 g/mol. The third-order valence-electron chi connectivity index (χ3n) is 5.69. The predicted molar refractivity (Wildman–Crippen MR) is 118 cm³/mol. The van der Waals surface area contributed by atoms with Crippen LogP contribution in [-0.2, 0) is 5.41 Å². The number of rotatable bonds is 2. The lowest BCUT2D eigenvalue weighted by molar-refractivity contribution is 0.572. The van der Waals surface area contributed by atoms with E-state index in [1.54, 1.807) is 0 Å². The maximum atomic E-state index is 4.86. The van der Waals surface area contributed by atoms with Gasteiger partial charge in [0.1, 0.15) is 11.6 Å². The number of aromatic nitrogens is 6. The summed E-state index contributed by atoms with van der Waals surface area (Å²) in [5.74, 6) is 2.11. The fourth-order valence-electron chi connectivity index (χ4n) is 4.02. The summed E-state index contributed by atoms with van der Waals surface area (Å²) >= 11 is 0. The van der Waals surface area contributed by atoms with E-state index in [1.165, 1.54) is 0 Å². The van der Waals surface area contributed by atoms with Crippen molar-refractivity contribution in [3.05, 3.63) is 48.0 Å². The summed E-state index contributed by atoms with van der Waals surface area (Å²) in [6.07, 6.45) is 4.92. The van der Waals surface area contributed by atoms with E-state index in [0.29, 0.717) is 0 Å². The van der Waals surface area contributed by atoms with E-state index in [9.17, 15) is 0 Å². The van der Waals surface area contributed by atoms with Crippen molar-refractivity contribution in [2.24, 2.45) is 0 Å². The molecule has 0 atom stereocenters. The van der Waals surface area contributed by atoms with E-state index in [1.807, 2.05) is 28.2 Å². The fraction of sp³-hybridized carbons (Fsp3) is 0.455. The van der Waals surface area contributed by atoms with E-state index < -0.39 is 0 Å². The molecule has 156 valence electrons. The predicted octanol–water partition coefficient (Wildman–Crippen LogP) is 3.09. The normalized spacial score (nSPS) is 15.9. The fourth-order valence-corrected chi connectivity index (χ4v) is 4.02. The highest BCUT2D eigenvalue weighted by Crippen LogP contribution is 2.23. The number of aryl methyl sites for hydroxylation is 1. The summed E-state index contributed by atoms with van der Waals surface area (Å²) in [5.41, 5.74) is 3.88. The van der Waals surface area contributed by atoms with Crippen molar-refractivity contribution in [2.75, 3.05) is 36.0 Å². The first-order valence-corrected chi connectivity index (χ1v) is 10.6. The van der Waals surface area contributed by atoms with Crippen LogP contribution in [0, 0.1) is 6.92 Å². The molecule has 5 rings (SSSR count). The van der Waals surface area contributed by atoms with Crippen molar-refractivity contribution in [3.8, 4) is 0 Å². The molecule has 0 unspecified atom stereocenters. The molecule has 0 amide bonds. The summed E-state index contributed by atoms with van der Waals surface area (Å²) in [7, 11) is 0. The van der Waals surface area contributed by atoms with E-state index in [-0.39, 0.29) is 5.41 Å². The van der Waals surface area contributed by atoms with Crippen LogP contribution in [0.25, 0.3) is 11.3 Å². The lowest BCUT2D eigenvalue weighted by Crippen LogP contribution is -2.32. The molecule has 1 fully saturated rings. The van der Waals surface area contributed by atoms with Crippen LogP contribution in [0.4, 0.5) is 11.6 Å². The molecule has 1 saturated heterocycles. The van der Waals surface area contributed by atoms with Crippen LogP contribution in [0.1, 0.15) is 38.6 Å². The molecule has 0 aromatic carbocycles. The van der Waals surface area contributed by atoms with E-state index in [2.05, 4.69) is 65.0 Å². The Bertz CT molecular complexity index is 1200. The third kappa shape index (κ3) is 3.36. The Morgan fingerprint density at radius 1 is 0.900 bits per heavy atom. The Labute approximate surface area is 176 Å². The highest BCUT2D eigenvalue weighted by Gasteiger charge is 2.21. The minimum atomic E-state index is 0.0114. The van der Waals surface area contributed by atoms with Crippen molar-refractivity contribution in [3.63, 3.8) is 0 Å². The lowest BCUT2D eigenvalue weighted by Gasteiger charge is -2.24. The van der Waals surface area contributed by atoms with Gasteiger partial charge in [0.15, 0.2) is 11.3 Å². The molecule has 0 saturated carbocycles. The van der Waals surface area contributed by atoms with E-state index in [0.717, 1.165) is 66.9 Å². The topological polar surface area (TPSA) is 66.9 Å². The number of nitrogens with zero attached hydrogens (tertiary/aromatic N) is 8. The first-order valence-electron chi connectivity index (χ1n) is 10.6. The molecule has 5 heterocycles. The van der Waals surface area contributed by atoms with Gasteiger partial charge in [0.05, 0.1) is 18.1 Å². The molecular formula is C22H28N8. The molecule has 0 bridgehead atoms. The molecule has 4 aromatic rings. The summed E-state index contributed by atoms with van der Waals surface area (Å²) in [6, 6.07) is 8.24. The number of imidazole rings is 1. The van der Waals surface area contributed by atoms with Crippen molar-refractivity contribution < 1.29 is 0 Å². The van der Waals surface area contributed by atoms with Crippen LogP contribution >= 0.6 is 0 Å². The number of hydrogen-bond donors (Lipinski definition) is 0. The highest BCUT2D eigenvalue weighted by atomic mass is 15.4. The first-order chi connectivity index (χ1) is 14.4. The van der Waals surface area contributed by atoms with Gasteiger partial charge in [0.2, 0.25) is 0 Å². The van der Waals surface area contributed by atoms with Gasteiger partial charge in [0.25, 0.3) is 0 Å². The summed E-state index contributed by atoms with van der Waals surface area (Å²) < 4.78 is 3.85. The second kappa shape index (κ2) is 6.97. The molecule has 4 aromatic heterocycles. The van der Waals surface area contributed by atoms with Crippen molar-refractivity contribution in [2.45, 2.75) is 39.5 Å². The van der Waals surface area contributed by atoms with E-state index >= 15 is 0 Å². The Hall–Kier alpha value is -3.16. The van der Waals surface area contributed by atoms with Gasteiger partial charge in [-0.2, -0.15) is 9.61 Å². The largest absolute Gasteiger partial charge is 0.355 e. The molecule has 1 aliphatic rings. The van der Waals surface area contributed by atoms with Gasteiger partial charge in [-0.1, -0.05) is 20.8 Å². The number of hydrogen-bond acceptors (Lipinski definition) is 6. The first kappa shape index (κ1) is 18.8. The third-order valence-corrected chi connectivity index (χ3v) is 5.69. The zero-order valence-corrected chi connectivity index (χ0v) is 18.1. The summed E-state index contributed by atoms with van der Waals surface area (Å²) in [5, 5.41) is 9.34. The van der Waals surface area contributed by atoms with Gasteiger partial charge < -0.3 is 9.80 Å². The highest BCUT2D eigenvalue weighted by molar-refractivity contribution is 5.52. The summed E-state index contributed by atoms with van der Waals surface area (Å²) in [4.78, 5) is 14.1. The Kier molecular flexibility index (Phi) is 4.38. The lowest BCUT2D eigenvalue weighted by atomic mass is 9.93. The van der Waals surface area contributed by atoms with Gasteiger partial charge in [-0.25, -0.2) is 14.5 Å². The minimum Gasteiger partial charge on any atom is -0.355 e. The van der Waals surface area contributed by atoms with Crippen LogP contribution in [0.5, 0.6) is 0 Å². The van der Waals surface area contributed by atoms with Crippen LogP contribution in [0.2, 0.25) is 0 Å². The van der Waals surface area contributed by atoms with Gasteiger partial charge in [0, 0.05) is 49.4 Å². The monoisotopic (exact) mass is 404 g/mol. The Balaban J connectivity index is 1.39. The van der Waals surface area contributed by atoms with Gasteiger partial charge in [-0.15, -0.1) is 5.10 Å². The SMILES string of the molecule is Cc1cc(N2CCCN(c3ccc4nc(C(C)(C)C)cn4n3)CC2)n2nccc2n1. The van der Waals surface area contributed by atoms with Gasteiger partial charge in [-0.05, 0) is 25.5 Å². The second-order valence-electron chi connectivity index (χ2n) is 9.06. The minimum absolute atomic E-state index is 0.0114. The molecule has 8 nitrogen and oxygen atoms in total. The van der Waals surface area contributed by atoms with Crippen molar-refractivity contribution >= 4 is 22.9 Å². The maximum Gasteiger partial charge on any atom is 0.157 e. The molecule has 0 spiro atoms. The van der Waals surface area contributed by atoms with Crippen LogP contribution in [0.3, 0.4) is 0 Å². The molecule has 1 aliphatic heterocycles.